The lowest BCUT2D eigenvalue weighted by atomic mass is 10.1. The molecule has 1 heterocycles. The molecule has 21 heavy (non-hydrogen) atoms. The maximum Gasteiger partial charge on any atom is 0.327 e. The van der Waals surface area contributed by atoms with E-state index in [0.29, 0.717) is 25.1 Å². The number of aliphatic carboxylic acids is 1. The summed E-state index contributed by atoms with van der Waals surface area (Å²) in [6, 6.07) is 6.88. The van der Waals surface area contributed by atoms with Gasteiger partial charge in [0.05, 0.1) is 7.11 Å². The highest BCUT2D eigenvalue weighted by atomic mass is 32.2. The first kappa shape index (κ1) is 15.7. The number of amides is 1. The van der Waals surface area contributed by atoms with E-state index in [9.17, 15) is 14.7 Å². The van der Waals surface area contributed by atoms with Gasteiger partial charge in [0.2, 0.25) is 5.91 Å². The molecular weight excluding hydrogens is 290 g/mol. The molecule has 1 aromatic rings. The zero-order valence-corrected chi connectivity index (χ0v) is 12.8. The van der Waals surface area contributed by atoms with Crippen molar-refractivity contribution in [1.29, 1.82) is 0 Å². The Labute approximate surface area is 128 Å². The Balaban J connectivity index is 1.95. The van der Waals surface area contributed by atoms with E-state index >= 15 is 0 Å². The molecule has 1 atom stereocenters. The fourth-order valence-corrected chi connectivity index (χ4v) is 3.37. The van der Waals surface area contributed by atoms with E-state index < -0.39 is 12.0 Å². The van der Waals surface area contributed by atoms with Crippen molar-refractivity contribution in [3.8, 4) is 5.75 Å². The Morgan fingerprint density at radius 3 is 3.00 bits per heavy atom. The number of carboxylic acid groups (broad SMARTS) is 1. The molecule has 1 N–H and O–H groups in total. The molecule has 0 saturated carbocycles. The molecule has 6 heteroatoms. The van der Waals surface area contributed by atoms with Crippen molar-refractivity contribution >= 4 is 23.6 Å². The van der Waals surface area contributed by atoms with Crippen LogP contribution in [0.15, 0.2) is 24.3 Å². The van der Waals surface area contributed by atoms with Crippen LogP contribution in [0.5, 0.6) is 5.75 Å². The van der Waals surface area contributed by atoms with Gasteiger partial charge in [-0.1, -0.05) is 12.1 Å². The van der Waals surface area contributed by atoms with Gasteiger partial charge in [0.25, 0.3) is 0 Å². The second-order valence-electron chi connectivity index (χ2n) is 4.87. The summed E-state index contributed by atoms with van der Waals surface area (Å²) < 4.78 is 5.15. The molecule has 1 aromatic carbocycles. The van der Waals surface area contributed by atoms with Gasteiger partial charge >= 0.3 is 5.97 Å². The lowest BCUT2D eigenvalue weighted by molar-refractivity contribution is -0.149. The quantitative estimate of drug-likeness (QED) is 0.896. The predicted octanol–water partition coefficient (Wildman–Crippen LogP) is 1.66. The summed E-state index contributed by atoms with van der Waals surface area (Å²) in [5, 5.41) is 9.19. The standard InChI is InChI=1S/C15H19NO4S/c1-20-12-4-2-3-11(9-12)5-6-14(17)16-7-8-21-10-13(16)15(18)19/h2-4,9,13H,5-8,10H2,1H3,(H,18,19). The number of carboxylic acids is 1. The van der Waals surface area contributed by atoms with E-state index in [0.717, 1.165) is 17.1 Å². The third-order valence-electron chi connectivity index (χ3n) is 3.50. The Morgan fingerprint density at radius 1 is 1.48 bits per heavy atom. The molecule has 5 nitrogen and oxygen atoms in total. The molecule has 1 amide bonds. The summed E-state index contributed by atoms with van der Waals surface area (Å²) in [5.41, 5.74) is 1.01. The number of thioether (sulfide) groups is 1. The van der Waals surface area contributed by atoms with E-state index in [2.05, 4.69) is 0 Å². The van der Waals surface area contributed by atoms with Crippen molar-refractivity contribution < 1.29 is 19.4 Å². The van der Waals surface area contributed by atoms with Crippen LogP contribution in [-0.4, -0.2) is 53.1 Å². The molecule has 1 aliphatic rings. The summed E-state index contributed by atoms with van der Waals surface area (Å²) >= 11 is 1.58. The van der Waals surface area contributed by atoms with Gasteiger partial charge in [0, 0.05) is 24.5 Å². The van der Waals surface area contributed by atoms with Crippen LogP contribution in [-0.2, 0) is 16.0 Å². The number of carbonyl (C=O) groups excluding carboxylic acids is 1. The molecule has 2 rings (SSSR count). The Kier molecular flexibility index (Phi) is 5.50. The first-order valence-corrected chi connectivity index (χ1v) is 8.00. The normalized spacial score (nSPS) is 18.3. The van der Waals surface area contributed by atoms with Crippen LogP contribution in [0, 0.1) is 0 Å². The van der Waals surface area contributed by atoms with E-state index in [-0.39, 0.29) is 5.91 Å². The van der Waals surface area contributed by atoms with Crippen LogP contribution in [0.2, 0.25) is 0 Å². The maximum absolute atomic E-state index is 12.3. The molecular formula is C15H19NO4S. The molecule has 1 fully saturated rings. The van der Waals surface area contributed by atoms with Crippen LogP contribution in [0.4, 0.5) is 0 Å². The number of methoxy groups -OCH3 is 1. The van der Waals surface area contributed by atoms with E-state index in [4.69, 9.17) is 4.74 Å². The average molecular weight is 309 g/mol. The fraction of sp³-hybridized carbons (Fsp3) is 0.467. The second kappa shape index (κ2) is 7.36. The molecule has 0 spiro atoms. The zero-order chi connectivity index (χ0) is 15.2. The van der Waals surface area contributed by atoms with E-state index in [1.807, 2.05) is 24.3 Å². The van der Waals surface area contributed by atoms with Crippen LogP contribution in [0.3, 0.4) is 0 Å². The van der Waals surface area contributed by atoms with Crippen LogP contribution in [0.25, 0.3) is 0 Å². The molecule has 0 aliphatic carbocycles. The van der Waals surface area contributed by atoms with Gasteiger partial charge in [0.1, 0.15) is 11.8 Å². The molecule has 0 bridgehead atoms. The average Bonchev–Trinajstić information content (AvgIpc) is 2.52. The van der Waals surface area contributed by atoms with Gasteiger partial charge in [-0.05, 0) is 24.1 Å². The molecule has 1 saturated heterocycles. The topological polar surface area (TPSA) is 66.8 Å². The third-order valence-corrected chi connectivity index (χ3v) is 4.52. The lowest BCUT2D eigenvalue weighted by Gasteiger charge is -2.32. The van der Waals surface area contributed by atoms with Crippen molar-refractivity contribution in [2.24, 2.45) is 0 Å². The highest BCUT2D eigenvalue weighted by Gasteiger charge is 2.31. The van der Waals surface area contributed by atoms with Crippen molar-refractivity contribution in [3.63, 3.8) is 0 Å². The van der Waals surface area contributed by atoms with Gasteiger partial charge in [0.15, 0.2) is 0 Å². The summed E-state index contributed by atoms with van der Waals surface area (Å²) in [4.78, 5) is 25.0. The first-order chi connectivity index (χ1) is 10.1. The Morgan fingerprint density at radius 2 is 2.29 bits per heavy atom. The molecule has 1 unspecified atom stereocenters. The summed E-state index contributed by atoms with van der Waals surface area (Å²) in [7, 11) is 1.60. The highest BCUT2D eigenvalue weighted by molar-refractivity contribution is 7.99. The number of hydrogen-bond donors (Lipinski definition) is 1. The summed E-state index contributed by atoms with van der Waals surface area (Å²) in [6.07, 6.45) is 0.910. The van der Waals surface area contributed by atoms with Crippen molar-refractivity contribution in [2.45, 2.75) is 18.9 Å². The smallest absolute Gasteiger partial charge is 0.327 e. The van der Waals surface area contributed by atoms with Gasteiger partial charge < -0.3 is 14.7 Å². The monoisotopic (exact) mass is 309 g/mol. The fourth-order valence-electron chi connectivity index (χ4n) is 2.33. The van der Waals surface area contributed by atoms with Crippen LogP contribution >= 0.6 is 11.8 Å². The number of ether oxygens (including phenoxy) is 1. The van der Waals surface area contributed by atoms with E-state index in [1.165, 1.54) is 4.90 Å². The largest absolute Gasteiger partial charge is 0.497 e. The van der Waals surface area contributed by atoms with E-state index in [1.54, 1.807) is 18.9 Å². The van der Waals surface area contributed by atoms with Gasteiger partial charge in [-0.2, -0.15) is 11.8 Å². The number of carbonyl (C=O) groups is 2. The summed E-state index contributed by atoms with van der Waals surface area (Å²) in [6.45, 7) is 0.512. The zero-order valence-electron chi connectivity index (χ0n) is 11.9. The first-order valence-electron chi connectivity index (χ1n) is 6.85. The van der Waals surface area contributed by atoms with Crippen molar-refractivity contribution in [3.05, 3.63) is 29.8 Å². The minimum atomic E-state index is -0.920. The SMILES string of the molecule is COc1cccc(CCC(=O)N2CCSCC2C(=O)O)c1. The Hall–Kier alpha value is -1.69. The maximum atomic E-state index is 12.3. The molecule has 114 valence electrons. The molecule has 0 radical (unpaired) electrons. The molecule has 1 aliphatic heterocycles. The highest BCUT2D eigenvalue weighted by Crippen LogP contribution is 2.19. The van der Waals surface area contributed by atoms with Crippen molar-refractivity contribution in [2.75, 3.05) is 25.2 Å². The van der Waals surface area contributed by atoms with Gasteiger partial charge in [-0.3, -0.25) is 4.79 Å². The number of rotatable bonds is 5. The van der Waals surface area contributed by atoms with Gasteiger partial charge in [-0.15, -0.1) is 0 Å². The number of nitrogens with zero attached hydrogens (tertiary/aromatic N) is 1. The minimum Gasteiger partial charge on any atom is -0.497 e. The number of hydrogen-bond acceptors (Lipinski definition) is 4. The third kappa shape index (κ3) is 4.14. The molecule has 0 aromatic heterocycles. The van der Waals surface area contributed by atoms with Crippen LogP contribution < -0.4 is 4.74 Å². The lowest BCUT2D eigenvalue weighted by Crippen LogP contribution is -2.50. The minimum absolute atomic E-state index is 0.0921. The van der Waals surface area contributed by atoms with Crippen LogP contribution in [0.1, 0.15) is 12.0 Å². The van der Waals surface area contributed by atoms with Crippen molar-refractivity contribution in [1.82, 2.24) is 4.90 Å². The number of benzene rings is 1. The van der Waals surface area contributed by atoms with Gasteiger partial charge in [-0.25, -0.2) is 4.79 Å². The summed E-state index contributed by atoms with van der Waals surface area (Å²) in [5.74, 6) is 1.02. The Bertz CT molecular complexity index is 520. The number of aryl methyl sites for hydroxylation is 1. The predicted molar refractivity (Wildman–Crippen MR) is 81.8 cm³/mol. The second-order valence-corrected chi connectivity index (χ2v) is 6.02.